The molecule has 0 atom stereocenters. The molecule has 0 fully saturated rings. The molecule has 0 aliphatic carbocycles. The van der Waals surface area contributed by atoms with E-state index in [2.05, 4.69) is 11.9 Å². The number of rotatable bonds is 8. The Morgan fingerprint density at radius 1 is 1.50 bits per heavy atom. The molecular formula is C13H19ClN2O3S. The summed E-state index contributed by atoms with van der Waals surface area (Å²) < 4.78 is 26.2. The Morgan fingerprint density at radius 3 is 2.75 bits per heavy atom. The van der Waals surface area contributed by atoms with Crippen molar-refractivity contribution in [3.63, 3.8) is 0 Å². The Hall–Kier alpha value is -0.920. The fourth-order valence-corrected chi connectivity index (χ4v) is 3.69. The fourth-order valence-electron chi connectivity index (χ4n) is 1.76. The van der Waals surface area contributed by atoms with Gasteiger partial charge < -0.3 is 10.4 Å². The predicted octanol–water partition coefficient (Wildman–Crippen LogP) is 1.23. The average Bonchev–Trinajstić information content (AvgIpc) is 2.41. The lowest BCUT2D eigenvalue weighted by Crippen LogP contribution is -2.34. The summed E-state index contributed by atoms with van der Waals surface area (Å²) in [5.41, 5.74) is 0.818. The van der Waals surface area contributed by atoms with E-state index < -0.39 is 10.0 Å². The summed E-state index contributed by atoms with van der Waals surface area (Å²) in [6, 6.07) is 4.87. The van der Waals surface area contributed by atoms with Crippen LogP contribution in [0.4, 0.5) is 0 Å². The van der Waals surface area contributed by atoms with Crippen LogP contribution in [0.3, 0.4) is 0 Å². The molecule has 2 N–H and O–H groups in total. The van der Waals surface area contributed by atoms with E-state index in [0.717, 1.165) is 9.87 Å². The van der Waals surface area contributed by atoms with Crippen molar-refractivity contribution in [3.05, 3.63) is 41.4 Å². The third-order valence-corrected chi connectivity index (χ3v) is 5.02. The summed E-state index contributed by atoms with van der Waals surface area (Å²) >= 11 is 6.01. The number of nitrogens with one attached hydrogen (secondary N) is 1. The Bertz CT molecular complexity index is 561. The predicted molar refractivity (Wildman–Crippen MR) is 80.3 cm³/mol. The lowest BCUT2D eigenvalue weighted by molar-refractivity contribution is 0.260. The van der Waals surface area contributed by atoms with Crippen LogP contribution in [0.1, 0.15) is 5.56 Å². The van der Waals surface area contributed by atoms with Crippen molar-refractivity contribution in [1.82, 2.24) is 9.62 Å². The quantitative estimate of drug-likeness (QED) is 0.707. The van der Waals surface area contributed by atoms with E-state index in [-0.39, 0.29) is 29.6 Å². The highest BCUT2D eigenvalue weighted by Crippen LogP contribution is 2.25. The van der Waals surface area contributed by atoms with E-state index in [9.17, 15) is 8.42 Å². The molecule has 1 aromatic carbocycles. The number of nitrogens with zero attached hydrogens (tertiary/aromatic N) is 1. The topological polar surface area (TPSA) is 69.6 Å². The third kappa shape index (κ3) is 4.04. The van der Waals surface area contributed by atoms with Gasteiger partial charge in [0.25, 0.3) is 0 Å². The lowest BCUT2D eigenvalue weighted by Gasteiger charge is -2.20. The standard InChI is InChI=1S/C13H19ClN2O3S/c1-3-6-16(7-8-17)20(18,19)13-9-11(10-15-2)4-5-12(13)14/h3-5,9,15,17H,1,6-8,10H2,2H3. The second kappa shape index (κ2) is 7.75. The molecule has 0 aliphatic rings. The van der Waals surface area contributed by atoms with Gasteiger partial charge in [-0.05, 0) is 24.7 Å². The van der Waals surface area contributed by atoms with E-state index in [1.165, 1.54) is 6.08 Å². The fraction of sp³-hybridized carbons (Fsp3) is 0.385. The van der Waals surface area contributed by atoms with Crippen LogP contribution < -0.4 is 5.32 Å². The highest BCUT2D eigenvalue weighted by Gasteiger charge is 2.25. The molecule has 0 amide bonds. The number of sulfonamides is 1. The summed E-state index contributed by atoms with van der Waals surface area (Å²) in [7, 11) is -1.98. The van der Waals surface area contributed by atoms with Crippen LogP contribution >= 0.6 is 11.6 Å². The summed E-state index contributed by atoms with van der Waals surface area (Å²) in [4.78, 5) is 0.0437. The molecule has 20 heavy (non-hydrogen) atoms. The largest absolute Gasteiger partial charge is 0.395 e. The van der Waals surface area contributed by atoms with E-state index in [4.69, 9.17) is 16.7 Å². The van der Waals surface area contributed by atoms with Crippen LogP contribution in [0.15, 0.2) is 35.7 Å². The smallest absolute Gasteiger partial charge is 0.244 e. The first-order valence-electron chi connectivity index (χ1n) is 6.12. The molecule has 0 heterocycles. The van der Waals surface area contributed by atoms with Crippen molar-refractivity contribution in [2.75, 3.05) is 26.7 Å². The van der Waals surface area contributed by atoms with Crippen molar-refractivity contribution < 1.29 is 13.5 Å². The van der Waals surface area contributed by atoms with Crippen molar-refractivity contribution >= 4 is 21.6 Å². The van der Waals surface area contributed by atoms with Crippen molar-refractivity contribution in [3.8, 4) is 0 Å². The lowest BCUT2D eigenvalue weighted by atomic mass is 10.2. The van der Waals surface area contributed by atoms with Crippen molar-refractivity contribution in [1.29, 1.82) is 0 Å². The number of hydrogen-bond donors (Lipinski definition) is 2. The first-order chi connectivity index (χ1) is 9.47. The zero-order chi connectivity index (χ0) is 15.2. The van der Waals surface area contributed by atoms with Gasteiger partial charge in [0, 0.05) is 19.6 Å². The zero-order valence-electron chi connectivity index (χ0n) is 11.3. The Morgan fingerprint density at radius 2 is 2.20 bits per heavy atom. The minimum absolute atomic E-state index is 0.000930. The third-order valence-electron chi connectivity index (χ3n) is 2.68. The number of halogens is 1. The van der Waals surface area contributed by atoms with Gasteiger partial charge in [0.2, 0.25) is 10.0 Å². The Kier molecular flexibility index (Phi) is 6.64. The van der Waals surface area contributed by atoms with Crippen molar-refractivity contribution in [2.45, 2.75) is 11.4 Å². The molecule has 0 spiro atoms. The van der Waals surface area contributed by atoms with Crippen LogP contribution in [-0.4, -0.2) is 44.6 Å². The van der Waals surface area contributed by atoms with Gasteiger partial charge >= 0.3 is 0 Å². The summed E-state index contributed by atoms with van der Waals surface area (Å²) in [5.74, 6) is 0. The van der Waals surface area contributed by atoms with Gasteiger partial charge in [-0.15, -0.1) is 6.58 Å². The summed E-state index contributed by atoms with van der Waals surface area (Å²) in [6.07, 6.45) is 1.47. The van der Waals surface area contributed by atoms with Crippen LogP contribution in [-0.2, 0) is 16.6 Å². The second-order valence-corrected chi connectivity index (χ2v) is 6.48. The van der Waals surface area contributed by atoms with Gasteiger partial charge in [0.05, 0.1) is 11.6 Å². The molecule has 0 bridgehead atoms. The molecular weight excluding hydrogens is 300 g/mol. The second-order valence-electron chi connectivity index (χ2n) is 4.17. The van der Waals surface area contributed by atoms with Gasteiger partial charge in [-0.2, -0.15) is 4.31 Å². The molecule has 1 rings (SSSR count). The summed E-state index contributed by atoms with van der Waals surface area (Å²) in [5, 5.41) is 12.1. The molecule has 0 saturated carbocycles. The van der Waals surface area contributed by atoms with Gasteiger partial charge in [-0.1, -0.05) is 23.7 Å². The van der Waals surface area contributed by atoms with Gasteiger partial charge in [-0.25, -0.2) is 8.42 Å². The van der Waals surface area contributed by atoms with Crippen LogP contribution in [0.25, 0.3) is 0 Å². The minimum atomic E-state index is -3.75. The normalized spacial score (nSPS) is 11.8. The maximum absolute atomic E-state index is 12.6. The highest BCUT2D eigenvalue weighted by atomic mass is 35.5. The first kappa shape index (κ1) is 17.1. The molecule has 0 unspecified atom stereocenters. The molecule has 0 aromatic heterocycles. The molecule has 5 nitrogen and oxygen atoms in total. The molecule has 112 valence electrons. The maximum atomic E-state index is 12.6. The number of aliphatic hydroxyl groups excluding tert-OH is 1. The van der Waals surface area contributed by atoms with Crippen LogP contribution in [0.5, 0.6) is 0 Å². The first-order valence-corrected chi connectivity index (χ1v) is 7.94. The number of benzene rings is 1. The van der Waals surface area contributed by atoms with E-state index >= 15 is 0 Å². The maximum Gasteiger partial charge on any atom is 0.244 e. The van der Waals surface area contributed by atoms with E-state index in [0.29, 0.717) is 6.54 Å². The van der Waals surface area contributed by atoms with Crippen LogP contribution in [0, 0.1) is 0 Å². The Labute approximate surface area is 124 Å². The molecule has 7 heteroatoms. The molecule has 1 aromatic rings. The van der Waals surface area contributed by atoms with E-state index in [1.807, 2.05) is 0 Å². The zero-order valence-corrected chi connectivity index (χ0v) is 12.9. The minimum Gasteiger partial charge on any atom is -0.395 e. The SMILES string of the molecule is C=CCN(CCO)S(=O)(=O)c1cc(CNC)ccc1Cl. The molecule has 0 aliphatic heterocycles. The Balaban J connectivity index is 3.24. The van der Waals surface area contributed by atoms with Crippen LogP contribution in [0.2, 0.25) is 5.02 Å². The van der Waals surface area contributed by atoms with Gasteiger partial charge in [0.1, 0.15) is 4.90 Å². The number of aliphatic hydroxyl groups is 1. The van der Waals surface area contributed by atoms with E-state index in [1.54, 1.807) is 25.2 Å². The van der Waals surface area contributed by atoms with Crippen molar-refractivity contribution in [2.24, 2.45) is 0 Å². The highest BCUT2D eigenvalue weighted by molar-refractivity contribution is 7.89. The average molecular weight is 319 g/mol. The van der Waals surface area contributed by atoms with Gasteiger partial charge in [-0.3, -0.25) is 0 Å². The van der Waals surface area contributed by atoms with Gasteiger partial charge in [0.15, 0.2) is 0 Å². The molecule has 0 saturated heterocycles. The molecule has 0 radical (unpaired) electrons. The summed E-state index contributed by atoms with van der Waals surface area (Å²) in [6.45, 7) is 3.93. The number of hydrogen-bond acceptors (Lipinski definition) is 4. The monoisotopic (exact) mass is 318 g/mol.